The van der Waals surface area contributed by atoms with Crippen LogP contribution in [0.2, 0.25) is 0 Å². The maximum atomic E-state index is 11.9. The van der Waals surface area contributed by atoms with E-state index in [1.54, 1.807) is 21.0 Å². The number of amides is 1. The third-order valence-electron chi connectivity index (χ3n) is 2.53. The summed E-state index contributed by atoms with van der Waals surface area (Å²) in [7, 11) is 1.56. The number of hydrogen-bond donors (Lipinski definition) is 0. The molecule has 0 saturated carbocycles. The van der Waals surface area contributed by atoms with Gasteiger partial charge in [-0.1, -0.05) is 0 Å². The molecule has 1 saturated heterocycles. The van der Waals surface area contributed by atoms with Crippen molar-refractivity contribution in [1.29, 1.82) is 0 Å². The number of rotatable bonds is 2. The number of nitrogens with zero attached hydrogens (tertiary/aromatic N) is 1. The van der Waals surface area contributed by atoms with Crippen LogP contribution in [0.25, 0.3) is 0 Å². The highest BCUT2D eigenvalue weighted by atomic mass is 16.5. The molecule has 1 fully saturated rings. The molecule has 0 N–H and O–H groups in total. The molecule has 0 atom stereocenters. The quantitative estimate of drug-likeness (QED) is 0.659. The van der Waals surface area contributed by atoms with Crippen LogP contribution in [0, 0.1) is 0 Å². The minimum atomic E-state index is -0.718. The standard InChI is InChI=1S/C10H19NO3/c1-10(2,13-3)9(12)11-5-4-7-14-8-6-11/h4-8H2,1-3H3. The first-order valence-corrected chi connectivity index (χ1v) is 5.00. The molecule has 1 aliphatic rings. The monoisotopic (exact) mass is 201 g/mol. The fourth-order valence-corrected chi connectivity index (χ4v) is 1.42. The molecule has 82 valence electrons. The molecule has 0 radical (unpaired) electrons. The van der Waals surface area contributed by atoms with Crippen molar-refractivity contribution in [2.24, 2.45) is 0 Å². The molecule has 0 aromatic carbocycles. The molecular weight excluding hydrogens is 182 g/mol. The zero-order chi connectivity index (χ0) is 10.6. The molecule has 14 heavy (non-hydrogen) atoms. The zero-order valence-electron chi connectivity index (χ0n) is 9.21. The highest BCUT2D eigenvalue weighted by molar-refractivity contribution is 5.84. The van der Waals surface area contributed by atoms with Gasteiger partial charge < -0.3 is 14.4 Å². The molecule has 0 aromatic rings. The van der Waals surface area contributed by atoms with E-state index in [2.05, 4.69) is 0 Å². The average molecular weight is 201 g/mol. The zero-order valence-corrected chi connectivity index (χ0v) is 9.21. The summed E-state index contributed by atoms with van der Waals surface area (Å²) >= 11 is 0. The van der Waals surface area contributed by atoms with Crippen LogP contribution < -0.4 is 0 Å². The SMILES string of the molecule is COC(C)(C)C(=O)N1CCCOCC1. The number of methoxy groups -OCH3 is 1. The Morgan fingerprint density at radius 3 is 2.71 bits per heavy atom. The van der Waals surface area contributed by atoms with Gasteiger partial charge in [0.25, 0.3) is 5.91 Å². The minimum Gasteiger partial charge on any atom is -0.380 e. The van der Waals surface area contributed by atoms with Gasteiger partial charge in [-0.25, -0.2) is 0 Å². The summed E-state index contributed by atoms with van der Waals surface area (Å²) in [6.45, 7) is 6.40. The predicted molar refractivity (Wildman–Crippen MR) is 53.1 cm³/mol. The van der Waals surface area contributed by atoms with Gasteiger partial charge in [0.1, 0.15) is 5.60 Å². The molecular formula is C10H19NO3. The van der Waals surface area contributed by atoms with Crippen molar-refractivity contribution in [2.45, 2.75) is 25.9 Å². The van der Waals surface area contributed by atoms with E-state index in [9.17, 15) is 4.79 Å². The molecule has 1 amide bonds. The molecule has 0 unspecified atom stereocenters. The van der Waals surface area contributed by atoms with Crippen molar-refractivity contribution in [3.8, 4) is 0 Å². The molecule has 1 rings (SSSR count). The Labute approximate surface area is 85.2 Å². The lowest BCUT2D eigenvalue weighted by Crippen LogP contribution is -2.47. The van der Waals surface area contributed by atoms with E-state index in [1.807, 2.05) is 4.90 Å². The van der Waals surface area contributed by atoms with Crippen molar-refractivity contribution >= 4 is 5.91 Å². The van der Waals surface area contributed by atoms with Crippen LogP contribution in [0.15, 0.2) is 0 Å². The topological polar surface area (TPSA) is 38.8 Å². The molecule has 1 aliphatic heterocycles. The van der Waals surface area contributed by atoms with Crippen LogP contribution in [0.1, 0.15) is 20.3 Å². The maximum absolute atomic E-state index is 11.9. The van der Waals surface area contributed by atoms with Crippen LogP contribution in [-0.4, -0.2) is 49.8 Å². The Morgan fingerprint density at radius 1 is 1.36 bits per heavy atom. The van der Waals surface area contributed by atoms with E-state index >= 15 is 0 Å². The lowest BCUT2D eigenvalue weighted by molar-refractivity contribution is -0.151. The lowest BCUT2D eigenvalue weighted by atomic mass is 10.1. The first kappa shape index (κ1) is 11.5. The third kappa shape index (κ3) is 2.69. The van der Waals surface area contributed by atoms with Crippen molar-refractivity contribution in [3.63, 3.8) is 0 Å². The lowest BCUT2D eigenvalue weighted by Gasteiger charge is -2.29. The average Bonchev–Trinajstić information content (AvgIpc) is 2.44. The van der Waals surface area contributed by atoms with Crippen molar-refractivity contribution < 1.29 is 14.3 Å². The van der Waals surface area contributed by atoms with Gasteiger partial charge in [-0.3, -0.25) is 4.79 Å². The van der Waals surface area contributed by atoms with E-state index in [1.165, 1.54) is 0 Å². The van der Waals surface area contributed by atoms with E-state index in [0.717, 1.165) is 19.6 Å². The van der Waals surface area contributed by atoms with Crippen LogP contribution in [-0.2, 0) is 14.3 Å². The molecule has 4 heteroatoms. The van der Waals surface area contributed by atoms with Gasteiger partial charge >= 0.3 is 0 Å². The van der Waals surface area contributed by atoms with E-state index < -0.39 is 5.60 Å². The highest BCUT2D eigenvalue weighted by Crippen LogP contribution is 2.13. The predicted octanol–water partition coefficient (Wildman–Crippen LogP) is 0.660. The van der Waals surface area contributed by atoms with Gasteiger partial charge in [-0.2, -0.15) is 0 Å². The largest absolute Gasteiger partial charge is 0.380 e. The number of ether oxygens (including phenoxy) is 2. The van der Waals surface area contributed by atoms with Crippen LogP contribution in [0.4, 0.5) is 0 Å². The summed E-state index contributed by atoms with van der Waals surface area (Å²) in [4.78, 5) is 13.8. The fraction of sp³-hybridized carbons (Fsp3) is 0.900. The van der Waals surface area contributed by atoms with Gasteiger partial charge in [0.05, 0.1) is 6.61 Å². The first-order chi connectivity index (χ1) is 6.58. The Hall–Kier alpha value is -0.610. The summed E-state index contributed by atoms with van der Waals surface area (Å²) in [5, 5.41) is 0. The molecule has 0 aromatic heterocycles. The van der Waals surface area contributed by atoms with Gasteiger partial charge in [-0.05, 0) is 20.3 Å². The van der Waals surface area contributed by atoms with Crippen LogP contribution in [0.3, 0.4) is 0 Å². The van der Waals surface area contributed by atoms with Crippen LogP contribution in [0.5, 0.6) is 0 Å². The highest BCUT2D eigenvalue weighted by Gasteiger charge is 2.31. The molecule has 4 nitrogen and oxygen atoms in total. The van der Waals surface area contributed by atoms with Gasteiger partial charge in [0.15, 0.2) is 0 Å². The van der Waals surface area contributed by atoms with Gasteiger partial charge in [-0.15, -0.1) is 0 Å². The smallest absolute Gasteiger partial charge is 0.254 e. The normalized spacial score (nSPS) is 19.2. The fourth-order valence-electron chi connectivity index (χ4n) is 1.42. The van der Waals surface area contributed by atoms with E-state index in [4.69, 9.17) is 9.47 Å². The Balaban J connectivity index is 2.58. The summed E-state index contributed by atoms with van der Waals surface area (Å²) in [6, 6.07) is 0. The first-order valence-electron chi connectivity index (χ1n) is 5.00. The second-order valence-electron chi connectivity index (χ2n) is 3.97. The molecule has 1 heterocycles. The maximum Gasteiger partial charge on any atom is 0.254 e. The number of hydrogen-bond acceptors (Lipinski definition) is 3. The molecule has 0 aliphatic carbocycles. The second kappa shape index (κ2) is 4.75. The van der Waals surface area contributed by atoms with Crippen molar-refractivity contribution in [1.82, 2.24) is 4.90 Å². The van der Waals surface area contributed by atoms with Crippen molar-refractivity contribution in [3.05, 3.63) is 0 Å². The van der Waals surface area contributed by atoms with Crippen LogP contribution >= 0.6 is 0 Å². The molecule has 0 spiro atoms. The number of carbonyl (C=O) groups is 1. The van der Waals surface area contributed by atoms with E-state index in [0.29, 0.717) is 13.2 Å². The van der Waals surface area contributed by atoms with Crippen molar-refractivity contribution in [2.75, 3.05) is 33.4 Å². The summed E-state index contributed by atoms with van der Waals surface area (Å²) < 4.78 is 10.4. The Morgan fingerprint density at radius 2 is 2.07 bits per heavy atom. The molecule has 0 bridgehead atoms. The summed E-state index contributed by atoms with van der Waals surface area (Å²) in [5.41, 5.74) is -0.718. The third-order valence-corrected chi connectivity index (χ3v) is 2.53. The van der Waals surface area contributed by atoms with Gasteiger partial charge in [0.2, 0.25) is 0 Å². The number of carbonyl (C=O) groups excluding carboxylic acids is 1. The Kier molecular flexibility index (Phi) is 3.89. The minimum absolute atomic E-state index is 0.0468. The Bertz CT molecular complexity index is 196. The van der Waals surface area contributed by atoms with Gasteiger partial charge in [0, 0.05) is 26.8 Å². The second-order valence-corrected chi connectivity index (χ2v) is 3.97. The summed E-state index contributed by atoms with van der Waals surface area (Å²) in [6.07, 6.45) is 0.908. The summed E-state index contributed by atoms with van der Waals surface area (Å²) in [5.74, 6) is 0.0468. The van der Waals surface area contributed by atoms with E-state index in [-0.39, 0.29) is 5.91 Å².